The third kappa shape index (κ3) is 0.574. The Kier molecular flexibility index (Phi) is 1.04. The molecule has 8 heavy (non-hydrogen) atoms. The molecule has 1 aromatic rings. The minimum atomic E-state index is -0.876. The second-order valence-electron chi connectivity index (χ2n) is 1.90. The first kappa shape index (κ1) is 4.80. The molecule has 0 aliphatic carbocycles. The molecule has 0 fully saturated rings. The molecule has 1 aliphatic heterocycles. The fourth-order valence-electron chi connectivity index (χ4n) is 0.839. The molecule has 0 saturated carbocycles. The van der Waals surface area contributed by atoms with Crippen LogP contribution in [0.2, 0.25) is 0 Å². The van der Waals surface area contributed by atoms with Crippen molar-refractivity contribution in [2.45, 2.75) is 0 Å². The molecule has 1 aliphatic rings. The quantitative estimate of drug-likeness (QED) is 0.640. The van der Waals surface area contributed by atoms with Gasteiger partial charge in [0.1, 0.15) is 0 Å². The summed E-state index contributed by atoms with van der Waals surface area (Å²) in [7, 11) is 0. The summed E-state index contributed by atoms with van der Waals surface area (Å²) >= 11 is -0.876. The molecule has 0 bridgehead atoms. The molecule has 0 radical (unpaired) electrons. The second-order valence-corrected chi connectivity index (χ2v) is 7.10. The standard InChI is InChI=1S/C6H5O.Hg/c7-6-4-2-1-3-5-6;/h1-4,7H;/q;+1/p-1. The number of hydrogen-bond donors (Lipinski definition) is 0. The van der Waals surface area contributed by atoms with Crippen molar-refractivity contribution in [1.82, 2.24) is 0 Å². The van der Waals surface area contributed by atoms with E-state index in [1.165, 1.54) is 0 Å². The van der Waals surface area contributed by atoms with Gasteiger partial charge >= 0.3 is 60.8 Å². The van der Waals surface area contributed by atoms with E-state index >= 15 is 0 Å². The number of fused-ring (bicyclic) bond motifs is 1. The van der Waals surface area contributed by atoms with Crippen LogP contribution in [-0.2, 0) is 25.0 Å². The Morgan fingerprint density at radius 1 is 1.25 bits per heavy atom. The first-order valence-electron chi connectivity index (χ1n) is 2.67. The Bertz CT molecular complexity index is 186. The van der Waals surface area contributed by atoms with Crippen molar-refractivity contribution in [3.63, 3.8) is 0 Å². The molecule has 2 rings (SSSR count). The van der Waals surface area contributed by atoms with Gasteiger partial charge in [0.25, 0.3) is 0 Å². The molecule has 0 N–H and O–H groups in total. The van der Waals surface area contributed by atoms with Gasteiger partial charge in [-0.1, -0.05) is 0 Å². The van der Waals surface area contributed by atoms with E-state index < -0.39 is 25.0 Å². The molecule has 0 unspecified atom stereocenters. The molecule has 1 aromatic carbocycles. The van der Waals surface area contributed by atoms with E-state index in [1.54, 1.807) is 3.07 Å². The summed E-state index contributed by atoms with van der Waals surface area (Å²) < 4.78 is 6.85. The summed E-state index contributed by atoms with van der Waals surface area (Å²) in [4.78, 5) is 0. The molecule has 0 amide bonds. The van der Waals surface area contributed by atoms with Crippen LogP contribution in [0.3, 0.4) is 0 Å². The van der Waals surface area contributed by atoms with Gasteiger partial charge < -0.3 is 0 Å². The Morgan fingerprint density at radius 3 is 2.50 bits per heavy atom. The van der Waals surface area contributed by atoms with Crippen LogP contribution in [0.5, 0.6) is 5.75 Å². The normalized spacial score (nSPS) is 11.5. The zero-order chi connectivity index (χ0) is 5.40. The SMILES string of the molecule is c1cc[c]2c(c1)[O][Hg]2. The third-order valence-electron chi connectivity index (χ3n) is 1.36. The number of rotatable bonds is 0. The average Bonchev–Trinajstić information content (AvgIpc) is 1.72. The van der Waals surface area contributed by atoms with Crippen molar-refractivity contribution < 1.29 is 27.7 Å². The van der Waals surface area contributed by atoms with Crippen molar-refractivity contribution in [1.29, 1.82) is 0 Å². The van der Waals surface area contributed by atoms with Gasteiger partial charge in [-0.15, -0.1) is 0 Å². The summed E-state index contributed by atoms with van der Waals surface area (Å²) in [6, 6.07) is 8.33. The third-order valence-corrected chi connectivity index (χ3v) is 6.61. The van der Waals surface area contributed by atoms with Crippen LogP contribution in [0.25, 0.3) is 0 Å². The average molecular weight is 293 g/mol. The van der Waals surface area contributed by atoms with Crippen molar-refractivity contribution in [3.05, 3.63) is 24.3 Å². The van der Waals surface area contributed by atoms with E-state index in [2.05, 4.69) is 12.1 Å². The number of benzene rings is 1. The number of para-hydroxylation sites is 1. The van der Waals surface area contributed by atoms with Crippen LogP contribution in [-0.4, -0.2) is 0 Å². The predicted octanol–water partition coefficient (Wildman–Crippen LogP) is 0.702. The summed E-state index contributed by atoms with van der Waals surface area (Å²) in [5.74, 6) is 1.15. The van der Waals surface area contributed by atoms with E-state index in [0.717, 1.165) is 5.75 Å². The maximum atomic E-state index is 5.30. The van der Waals surface area contributed by atoms with Crippen LogP contribution >= 0.6 is 0 Å². The Balaban J connectivity index is 2.62. The van der Waals surface area contributed by atoms with E-state index in [9.17, 15) is 0 Å². The molecule has 1 nitrogen and oxygen atoms in total. The van der Waals surface area contributed by atoms with Crippen LogP contribution in [0.15, 0.2) is 24.3 Å². The minimum absolute atomic E-state index is 0.876. The first-order chi connectivity index (χ1) is 3.97. The molecular formula is C6H4HgO. The van der Waals surface area contributed by atoms with E-state index in [1.807, 2.05) is 12.1 Å². The zero-order valence-corrected chi connectivity index (χ0v) is 9.92. The van der Waals surface area contributed by atoms with Gasteiger partial charge in [0.2, 0.25) is 0 Å². The summed E-state index contributed by atoms with van der Waals surface area (Å²) in [6.45, 7) is 0. The van der Waals surface area contributed by atoms with E-state index in [4.69, 9.17) is 2.64 Å². The van der Waals surface area contributed by atoms with Crippen molar-refractivity contribution in [3.8, 4) is 5.75 Å². The zero-order valence-electron chi connectivity index (χ0n) is 4.42. The molecular weight excluding hydrogens is 289 g/mol. The predicted molar refractivity (Wildman–Crippen MR) is 26.7 cm³/mol. The van der Waals surface area contributed by atoms with Gasteiger partial charge in [-0.05, 0) is 0 Å². The molecule has 0 aromatic heterocycles. The molecule has 36 valence electrons. The first-order valence-corrected chi connectivity index (χ1v) is 7.67. The van der Waals surface area contributed by atoms with Gasteiger partial charge in [-0.2, -0.15) is 0 Å². The fourth-order valence-corrected chi connectivity index (χ4v) is 4.43. The van der Waals surface area contributed by atoms with Crippen LogP contribution < -0.4 is 5.72 Å². The maximum absolute atomic E-state index is 5.30. The van der Waals surface area contributed by atoms with E-state index in [0.29, 0.717) is 0 Å². The molecule has 0 atom stereocenters. The Morgan fingerprint density at radius 2 is 2.12 bits per heavy atom. The molecule has 0 saturated heterocycles. The summed E-state index contributed by atoms with van der Waals surface area (Å²) in [5, 5.41) is 0. The van der Waals surface area contributed by atoms with Crippen molar-refractivity contribution in [2.75, 3.05) is 0 Å². The molecule has 2 heteroatoms. The number of hydrogen-bond acceptors (Lipinski definition) is 1. The summed E-state index contributed by atoms with van der Waals surface area (Å²) in [6.07, 6.45) is 0. The second kappa shape index (κ2) is 1.73. The summed E-state index contributed by atoms with van der Waals surface area (Å²) in [5.41, 5.74) is 0. The van der Waals surface area contributed by atoms with Crippen LogP contribution in [0.4, 0.5) is 0 Å². The van der Waals surface area contributed by atoms with Gasteiger partial charge in [0.15, 0.2) is 0 Å². The van der Waals surface area contributed by atoms with Gasteiger partial charge in [-0.3, -0.25) is 0 Å². The van der Waals surface area contributed by atoms with Crippen LogP contribution in [0, 0.1) is 0 Å². The van der Waals surface area contributed by atoms with Gasteiger partial charge in [0, 0.05) is 0 Å². The Hall–Kier alpha value is -0.0449. The fraction of sp³-hybridized carbons (Fsp3) is 0. The van der Waals surface area contributed by atoms with Crippen molar-refractivity contribution in [2.24, 2.45) is 0 Å². The van der Waals surface area contributed by atoms with Gasteiger partial charge in [-0.25, -0.2) is 0 Å². The molecule has 1 heterocycles. The monoisotopic (exact) mass is 294 g/mol. The molecule has 0 spiro atoms. The van der Waals surface area contributed by atoms with Crippen LogP contribution in [0.1, 0.15) is 0 Å². The van der Waals surface area contributed by atoms with E-state index in [-0.39, 0.29) is 0 Å². The Labute approximate surface area is 60.8 Å². The topological polar surface area (TPSA) is 9.23 Å². The van der Waals surface area contributed by atoms with Gasteiger partial charge in [0.05, 0.1) is 0 Å². The van der Waals surface area contributed by atoms with Crippen molar-refractivity contribution >= 4 is 3.07 Å².